The number of fused-ring (bicyclic) bond motifs is 6. The van der Waals surface area contributed by atoms with Crippen molar-refractivity contribution >= 4 is 32.7 Å². The molecule has 3 aromatic carbocycles. The van der Waals surface area contributed by atoms with E-state index >= 15 is 0 Å². The lowest BCUT2D eigenvalue weighted by Gasteiger charge is -2.58. The maximum Gasteiger partial charge on any atom is 0.131 e. The van der Waals surface area contributed by atoms with Gasteiger partial charge in [0.05, 0.1) is 29.6 Å². The predicted molar refractivity (Wildman–Crippen MR) is 150 cm³/mol. The number of pyridine rings is 2. The molecule has 2 unspecified atom stereocenters. The zero-order chi connectivity index (χ0) is 25.0. The molecule has 4 nitrogen and oxygen atoms in total. The second-order valence-corrected chi connectivity index (χ2v) is 11.0. The van der Waals surface area contributed by atoms with Crippen molar-refractivity contribution in [3.05, 3.63) is 109 Å². The first-order valence-corrected chi connectivity index (χ1v) is 13.4. The van der Waals surface area contributed by atoms with Crippen LogP contribution in [0.2, 0.25) is 0 Å². The summed E-state index contributed by atoms with van der Waals surface area (Å²) in [5, 5.41) is 15.6. The average Bonchev–Trinajstić information content (AvgIpc) is 2.96. The highest BCUT2D eigenvalue weighted by Crippen LogP contribution is 2.48. The number of hydrogen-bond donors (Lipinski definition) is 1. The SMILES string of the molecule is C=C[C@H]1C[N+]2(Cc3c4ccccc4nc4ccccc34)CCC1C[C@@H]2[C@@H](O)c1ccnc2ccccc12. The molecule has 0 amide bonds. The van der Waals surface area contributed by atoms with Crippen LogP contribution in [0.4, 0.5) is 0 Å². The van der Waals surface area contributed by atoms with Gasteiger partial charge in [0, 0.05) is 46.7 Å². The molecule has 8 rings (SSSR count). The molecule has 0 aliphatic carbocycles. The maximum absolute atomic E-state index is 12.1. The Morgan fingerprint density at radius 1 is 0.892 bits per heavy atom. The molecule has 184 valence electrons. The highest BCUT2D eigenvalue weighted by atomic mass is 16.3. The van der Waals surface area contributed by atoms with Crippen LogP contribution in [0.5, 0.6) is 0 Å². The number of aliphatic hydroxyl groups is 1. The van der Waals surface area contributed by atoms with E-state index in [4.69, 9.17) is 4.98 Å². The third-order valence-electron chi connectivity index (χ3n) is 9.21. The van der Waals surface area contributed by atoms with Crippen LogP contribution in [-0.2, 0) is 6.54 Å². The van der Waals surface area contributed by atoms with Crippen molar-refractivity contribution in [2.45, 2.75) is 31.5 Å². The molecule has 2 bridgehead atoms. The van der Waals surface area contributed by atoms with Gasteiger partial charge in [-0.15, -0.1) is 6.58 Å². The van der Waals surface area contributed by atoms with Gasteiger partial charge in [-0.2, -0.15) is 0 Å². The van der Waals surface area contributed by atoms with Gasteiger partial charge in [-0.05, 0) is 35.7 Å². The van der Waals surface area contributed by atoms with E-state index in [0.717, 1.165) is 58.0 Å². The van der Waals surface area contributed by atoms with Crippen molar-refractivity contribution in [3.8, 4) is 0 Å². The van der Waals surface area contributed by atoms with Crippen LogP contribution in [0.3, 0.4) is 0 Å². The first-order chi connectivity index (χ1) is 18.2. The van der Waals surface area contributed by atoms with Crippen molar-refractivity contribution in [2.75, 3.05) is 13.1 Å². The lowest BCUT2D eigenvalue weighted by Crippen LogP contribution is -2.67. The third-order valence-corrected chi connectivity index (χ3v) is 9.21. The van der Waals surface area contributed by atoms with Crippen LogP contribution >= 0.6 is 0 Å². The largest absolute Gasteiger partial charge is 0.382 e. The second kappa shape index (κ2) is 8.76. The Morgan fingerprint density at radius 3 is 2.24 bits per heavy atom. The van der Waals surface area contributed by atoms with Gasteiger partial charge in [-0.1, -0.05) is 60.7 Å². The first-order valence-electron chi connectivity index (χ1n) is 13.4. The van der Waals surface area contributed by atoms with Gasteiger partial charge < -0.3 is 9.59 Å². The lowest BCUT2D eigenvalue weighted by molar-refractivity contribution is -0.984. The summed E-state index contributed by atoms with van der Waals surface area (Å²) in [7, 11) is 0. The molecule has 4 heteroatoms. The topological polar surface area (TPSA) is 46.0 Å². The molecule has 0 spiro atoms. The summed E-state index contributed by atoms with van der Waals surface area (Å²) in [6.07, 6.45) is 5.65. The quantitative estimate of drug-likeness (QED) is 0.173. The van der Waals surface area contributed by atoms with E-state index < -0.39 is 6.10 Å². The van der Waals surface area contributed by atoms with Gasteiger partial charge in [0.1, 0.15) is 18.7 Å². The van der Waals surface area contributed by atoms with Crippen LogP contribution in [0.25, 0.3) is 32.7 Å². The van der Waals surface area contributed by atoms with Crippen LogP contribution in [-0.4, -0.2) is 38.7 Å². The summed E-state index contributed by atoms with van der Waals surface area (Å²) < 4.78 is 0.878. The summed E-state index contributed by atoms with van der Waals surface area (Å²) in [5.41, 5.74) is 5.37. The average molecular weight is 487 g/mol. The highest BCUT2D eigenvalue weighted by Gasteiger charge is 2.54. The molecule has 3 aliphatic heterocycles. The van der Waals surface area contributed by atoms with Crippen molar-refractivity contribution in [2.24, 2.45) is 11.8 Å². The molecule has 5 atom stereocenters. The Balaban J connectivity index is 1.39. The van der Waals surface area contributed by atoms with Gasteiger partial charge in [0.25, 0.3) is 0 Å². The number of rotatable bonds is 5. The Bertz CT molecular complexity index is 1590. The third kappa shape index (κ3) is 3.58. The number of piperidine rings is 3. The van der Waals surface area contributed by atoms with Gasteiger partial charge in [0.15, 0.2) is 0 Å². The Morgan fingerprint density at radius 2 is 1.54 bits per heavy atom. The van der Waals surface area contributed by atoms with E-state index in [1.165, 1.54) is 22.8 Å². The van der Waals surface area contributed by atoms with Crippen LogP contribution in [0, 0.1) is 11.8 Å². The summed E-state index contributed by atoms with van der Waals surface area (Å²) >= 11 is 0. The first kappa shape index (κ1) is 22.6. The number of quaternary nitrogens is 1. The Labute approximate surface area is 217 Å². The van der Waals surface area contributed by atoms with Gasteiger partial charge in [-0.3, -0.25) is 4.98 Å². The number of hydrogen-bond acceptors (Lipinski definition) is 3. The van der Waals surface area contributed by atoms with Gasteiger partial charge in [0.2, 0.25) is 0 Å². The monoisotopic (exact) mass is 486 g/mol. The van der Waals surface area contributed by atoms with Crippen LogP contribution in [0.1, 0.15) is 30.1 Å². The number of aromatic nitrogens is 2. The molecule has 2 aromatic heterocycles. The number of nitrogens with zero attached hydrogens (tertiary/aromatic N) is 3. The summed E-state index contributed by atoms with van der Waals surface area (Å²) in [6.45, 7) is 7.19. The lowest BCUT2D eigenvalue weighted by atomic mass is 9.71. The molecule has 1 N–H and O–H groups in total. The molecular formula is C33H32N3O+. The van der Waals surface area contributed by atoms with Crippen molar-refractivity contribution in [1.29, 1.82) is 0 Å². The van der Waals surface area contributed by atoms with E-state index in [1.54, 1.807) is 0 Å². The summed E-state index contributed by atoms with van der Waals surface area (Å²) in [6, 6.07) is 27.4. The van der Waals surface area contributed by atoms with E-state index in [-0.39, 0.29) is 6.04 Å². The maximum atomic E-state index is 12.1. The van der Waals surface area contributed by atoms with Gasteiger partial charge >= 0.3 is 0 Å². The highest BCUT2D eigenvalue weighted by molar-refractivity contribution is 5.97. The Hall–Kier alpha value is -3.60. The van der Waals surface area contributed by atoms with E-state index in [1.807, 2.05) is 30.5 Å². The molecule has 3 saturated heterocycles. The van der Waals surface area contributed by atoms with E-state index in [2.05, 4.69) is 72.2 Å². The molecular weight excluding hydrogens is 454 g/mol. The minimum absolute atomic E-state index is 0.117. The van der Waals surface area contributed by atoms with E-state index in [0.29, 0.717) is 11.8 Å². The van der Waals surface area contributed by atoms with Crippen LogP contribution < -0.4 is 0 Å². The zero-order valence-electron chi connectivity index (χ0n) is 21.0. The second-order valence-electron chi connectivity index (χ2n) is 11.0. The van der Waals surface area contributed by atoms with Crippen LogP contribution in [0.15, 0.2) is 97.7 Å². The predicted octanol–water partition coefficient (Wildman–Crippen LogP) is 6.58. The number of benzene rings is 3. The minimum atomic E-state index is -0.555. The van der Waals surface area contributed by atoms with Crippen molar-refractivity contribution < 1.29 is 9.59 Å². The summed E-state index contributed by atoms with van der Waals surface area (Å²) in [5.74, 6) is 1.06. The molecule has 0 saturated carbocycles. The fourth-order valence-electron chi connectivity index (χ4n) is 7.38. The zero-order valence-corrected chi connectivity index (χ0v) is 21.0. The molecule has 3 fully saturated rings. The van der Waals surface area contributed by atoms with E-state index in [9.17, 15) is 5.11 Å². The minimum Gasteiger partial charge on any atom is -0.382 e. The number of para-hydroxylation sites is 3. The fraction of sp³-hybridized carbons (Fsp3) is 0.273. The molecule has 37 heavy (non-hydrogen) atoms. The molecule has 5 heterocycles. The standard InChI is InChI=1S/C33H32N3O/c1-2-22-20-36(21-28-25-10-4-7-13-30(25)35-31-14-8-5-11-26(28)31)18-16-23(22)19-32(36)33(37)27-15-17-34-29-12-6-3-9-24(27)29/h2-15,17,22-23,32-33,37H,1,16,18-21H2/q+1/t22-,23?,32+,33-,36?/m0/s1. The molecule has 5 aromatic rings. The van der Waals surface area contributed by atoms with Crippen molar-refractivity contribution in [1.82, 2.24) is 9.97 Å². The fourth-order valence-corrected chi connectivity index (χ4v) is 7.38. The summed E-state index contributed by atoms with van der Waals surface area (Å²) in [4.78, 5) is 9.54. The smallest absolute Gasteiger partial charge is 0.131 e. The molecule has 0 radical (unpaired) electrons. The molecule has 3 aliphatic rings. The normalized spacial score (nSPS) is 26.0. The number of aliphatic hydroxyl groups excluding tert-OH is 1. The van der Waals surface area contributed by atoms with Crippen molar-refractivity contribution in [3.63, 3.8) is 0 Å². The Kier molecular flexibility index (Phi) is 5.35. The van der Waals surface area contributed by atoms with Gasteiger partial charge in [-0.25, -0.2) is 4.98 Å².